The molecule has 5 heterocycles. The van der Waals surface area contributed by atoms with E-state index in [4.69, 9.17) is 28.9 Å². The summed E-state index contributed by atoms with van der Waals surface area (Å²) in [7, 11) is 5.68. The zero-order valence-corrected chi connectivity index (χ0v) is 36.4. The van der Waals surface area contributed by atoms with Gasteiger partial charge in [0.15, 0.2) is 0 Å². The van der Waals surface area contributed by atoms with Crippen LogP contribution in [0, 0.1) is 45.3 Å². The Morgan fingerprint density at radius 1 is 0.417 bits per heavy atom. The number of fused-ring (bicyclic) bond motifs is 8. The van der Waals surface area contributed by atoms with E-state index >= 15 is 0 Å². The van der Waals surface area contributed by atoms with Crippen LogP contribution in [0.15, 0.2) is 24.3 Å². The van der Waals surface area contributed by atoms with Gasteiger partial charge in [-0.1, -0.05) is 55.4 Å². The smallest absolute Gasteiger partial charge is 0.309 e. The van der Waals surface area contributed by atoms with Crippen LogP contribution in [0.4, 0.5) is 0 Å². The lowest BCUT2D eigenvalue weighted by molar-refractivity contribution is -0.143. The number of aromatic nitrogens is 4. The molecule has 0 saturated heterocycles. The monoisotopic (exact) mass is 814 g/mol. The molecule has 2 aliphatic heterocycles. The number of ether oxygens (including phenoxy) is 4. The Hall–Kier alpha value is -5.52. The number of esters is 4. The van der Waals surface area contributed by atoms with Gasteiger partial charge >= 0.3 is 23.9 Å². The number of nitrogens with one attached hydrogen (secondary N) is 2. The highest BCUT2D eigenvalue weighted by atomic mass is 16.5. The first-order chi connectivity index (χ1) is 28.3. The van der Waals surface area contributed by atoms with E-state index in [0.29, 0.717) is 22.8 Å². The number of hydrogen-bond donors (Lipinski definition) is 2. The first kappa shape index (κ1) is 39.9. The maximum absolute atomic E-state index is 13.3. The molecule has 2 N–H and O–H groups in total. The molecular formula is C48H54N4O8. The Balaban J connectivity index is 1.41. The number of carbonyl (C=O) groups excluding carboxylic acids is 4. The van der Waals surface area contributed by atoms with Gasteiger partial charge in [-0.2, -0.15) is 0 Å². The Labute approximate surface area is 349 Å². The molecule has 9 rings (SSSR count). The summed E-state index contributed by atoms with van der Waals surface area (Å²) >= 11 is 0. The zero-order valence-electron chi connectivity index (χ0n) is 36.4. The van der Waals surface area contributed by atoms with Crippen molar-refractivity contribution in [2.45, 2.75) is 79.1 Å². The Morgan fingerprint density at radius 3 is 0.800 bits per heavy atom. The number of rotatable bonds is 8. The SMILES string of the molecule is COC(=O)[C@@H]1[C@H](c2c3nc(c([C@H]4[C@@H](C(=O)OC)C4(C)C)c4ccc([nH]4)c([C@H]4[C@@H](C(=O)OC)C4(C)C)c4nc(c([C@H]5[C@@H](C(=O)OC)C5(C)C)c5ccc2[nH]5)C=C4)C=C3)C1(C)C. The van der Waals surface area contributed by atoms with E-state index in [9.17, 15) is 19.2 Å². The minimum absolute atomic E-state index is 0.229. The summed E-state index contributed by atoms with van der Waals surface area (Å²) in [5.74, 6) is -3.65. The molecule has 0 unspecified atom stereocenters. The fraction of sp³-hybridized carbons (Fsp3) is 0.500. The van der Waals surface area contributed by atoms with Crippen LogP contribution in [-0.4, -0.2) is 72.3 Å². The number of H-pyrrole nitrogens is 2. The zero-order chi connectivity index (χ0) is 43.2. The van der Waals surface area contributed by atoms with Crippen molar-refractivity contribution >= 4 is 70.2 Å². The first-order valence-electron chi connectivity index (χ1n) is 20.8. The highest BCUT2D eigenvalue weighted by Crippen LogP contribution is 2.69. The molecule has 3 aromatic rings. The predicted molar refractivity (Wildman–Crippen MR) is 227 cm³/mol. The average Bonchev–Trinajstić information content (AvgIpc) is 3.84. The van der Waals surface area contributed by atoms with E-state index in [1.54, 1.807) is 0 Å². The highest BCUT2D eigenvalue weighted by Gasteiger charge is 2.67. The maximum Gasteiger partial charge on any atom is 0.309 e. The lowest BCUT2D eigenvalue weighted by Crippen LogP contribution is -2.07. The largest absolute Gasteiger partial charge is 0.469 e. The Morgan fingerprint density at radius 2 is 0.617 bits per heavy atom. The summed E-state index contributed by atoms with van der Waals surface area (Å²) in [6, 6.07) is 8.10. The van der Waals surface area contributed by atoms with Crippen LogP contribution in [-0.2, 0) is 38.1 Å². The molecule has 8 bridgehead atoms. The average molecular weight is 815 g/mol. The third-order valence-electron chi connectivity index (χ3n) is 15.3. The number of hydrogen-bond acceptors (Lipinski definition) is 10. The van der Waals surface area contributed by atoms with Gasteiger partial charge in [-0.05, 0) is 70.2 Å². The summed E-state index contributed by atoms with van der Waals surface area (Å²) in [4.78, 5) is 71.6. The second kappa shape index (κ2) is 13.0. The van der Waals surface area contributed by atoms with Crippen molar-refractivity contribution in [3.05, 3.63) is 69.3 Å². The molecule has 0 radical (unpaired) electrons. The molecule has 8 atom stereocenters. The molecule has 0 spiro atoms. The summed E-state index contributed by atoms with van der Waals surface area (Å²) in [6.45, 7) is 16.6. The number of methoxy groups -OCH3 is 4. The van der Waals surface area contributed by atoms with Crippen molar-refractivity contribution in [1.29, 1.82) is 0 Å². The summed E-state index contributed by atoms with van der Waals surface area (Å²) in [5.41, 5.74) is 7.75. The first-order valence-corrected chi connectivity index (χ1v) is 20.8. The van der Waals surface area contributed by atoms with E-state index in [0.717, 1.165) is 44.3 Å². The van der Waals surface area contributed by atoms with Crippen molar-refractivity contribution in [3.8, 4) is 0 Å². The van der Waals surface area contributed by atoms with Crippen LogP contribution >= 0.6 is 0 Å². The topological polar surface area (TPSA) is 163 Å². The molecule has 314 valence electrons. The highest BCUT2D eigenvalue weighted by molar-refractivity contribution is 5.91. The van der Waals surface area contributed by atoms with Gasteiger partial charge in [-0.25, -0.2) is 9.97 Å². The molecule has 4 aliphatic carbocycles. The second-order valence-corrected chi connectivity index (χ2v) is 19.9. The molecule has 6 aliphatic rings. The lowest BCUT2D eigenvalue weighted by atomic mass is 10.0. The van der Waals surface area contributed by atoms with Gasteiger partial charge < -0.3 is 28.9 Å². The van der Waals surface area contributed by atoms with Gasteiger partial charge in [0, 0.05) is 68.0 Å². The molecule has 12 nitrogen and oxygen atoms in total. The van der Waals surface area contributed by atoms with E-state index in [-0.39, 0.29) is 47.5 Å². The fourth-order valence-electron chi connectivity index (χ4n) is 11.6. The third-order valence-corrected chi connectivity index (χ3v) is 15.3. The normalized spacial score (nSPS) is 29.0. The minimum Gasteiger partial charge on any atom is -0.469 e. The van der Waals surface area contributed by atoms with Crippen molar-refractivity contribution in [2.24, 2.45) is 45.3 Å². The fourth-order valence-corrected chi connectivity index (χ4v) is 11.6. The minimum atomic E-state index is -0.433. The van der Waals surface area contributed by atoms with Crippen LogP contribution in [0.3, 0.4) is 0 Å². The molecule has 3 aromatic heterocycles. The van der Waals surface area contributed by atoms with Crippen LogP contribution in [0.25, 0.3) is 46.4 Å². The Bertz CT molecular complexity index is 2310. The predicted octanol–water partition coefficient (Wildman–Crippen LogP) is 8.31. The molecular weight excluding hydrogens is 761 g/mol. The van der Waals surface area contributed by atoms with E-state index in [1.807, 2.05) is 48.6 Å². The molecule has 60 heavy (non-hydrogen) atoms. The van der Waals surface area contributed by atoms with Gasteiger partial charge in [0.2, 0.25) is 0 Å². The summed E-state index contributed by atoms with van der Waals surface area (Å²) in [5, 5.41) is 0. The molecule has 4 fully saturated rings. The third kappa shape index (κ3) is 5.54. The molecule has 4 saturated carbocycles. The summed E-state index contributed by atoms with van der Waals surface area (Å²) in [6.07, 6.45) is 7.98. The van der Waals surface area contributed by atoms with Crippen LogP contribution < -0.4 is 0 Å². The standard InChI is InChI=1S/C48H54N4O8/c1-45(2)33(37(45)41(53)57-9)29-21-13-15-23(49-21)30(34-38(42(54)58-10)46(34,3)4)25-17-19-27(51-25)32(36-40(44(56)60-12)48(36,7)8)28-20-18-26(52-28)31(24-16-14-22(29)50-24)35-39(43(55)59-11)47(35,5)6/h13-20,33-40,49,52H,1-12H3/t33-,34-,35-,36-,37-,38-,39-,40-/m0/s1. The van der Waals surface area contributed by atoms with Gasteiger partial charge in [0.1, 0.15) is 0 Å². The van der Waals surface area contributed by atoms with Crippen LogP contribution in [0.5, 0.6) is 0 Å². The van der Waals surface area contributed by atoms with Gasteiger partial charge in [-0.3, -0.25) is 19.2 Å². The van der Waals surface area contributed by atoms with E-state index in [1.165, 1.54) is 28.4 Å². The quantitative estimate of drug-likeness (QED) is 0.115. The van der Waals surface area contributed by atoms with Crippen molar-refractivity contribution < 1.29 is 38.1 Å². The van der Waals surface area contributed by atoms with Crippen LogP contribution in [0.2, 0.25) is 0 Å². The van der Waals surface area contributed by atoms with Gasteiger partial charge in [0.05, 0.1) is 74.9 Å². The number of aromatic amines is 2. The van der Waals surface area contributed by atoms with E-state index < -0.39 is 45.3 Å². The van der Waals surface area contributed by atoms with Gasteiger partial charge in [-0.15, -0.1) is 0 Å². The molecule has 12 heteroatoms. The Kier molecular flexibility index (Phi) is 8.64. The summed E-state index contributed by atoms with van der Waals surface area (Å²) < 4.78 is 21.3. The van der Waals surface area contributed by atoms with Crippen molar-refractivity contribution in [3.63, 3.8) is 0 Å². The molecule has 0 amide bonds. The van der Waals surface area contributed by atoms with Gasteiger partial charge in [0.25, 0.3) is 0 Å². The maximum atomic E-state index is 13.3. The second-order valence-electron chi connectivity index (χ2n) is 19.9. The lowest BCUT2D eigenvalue weighted by Gasteiger charge is -2.08. The number of carbonyl (C=O) groups is 4. The number of nitrogens with zero attached hydrogens (tertiary/aromatic N) is 2. The van der Waals surface area contributed by atoms with Crippen molar-refractivity contribution in [1.82, 2.24) is 19.9 Å². The van der Waals surface area contributed by atoms with E-state index in [2.05, 4.69) is 65.4 Å². The molecule has 0 aromatic carbocycles. The van der Waals surface area contributed by atoms with Crippen LogP contribution in [0.1, 0.15) is 124 Å². The van der Waals surface area contributed by atoms with Crippen molar-refractivity contribution in [2.75, 3.05) is 28.4 Å².